The molecule has 0 spiro atoms. The molecule has 0 aromatic carbocycles. The van der Waals surface area contributed by atoms with Gasteiger partial charge in [0.2, 0.25) is 0 Å². The molecule has 0 aromatic rings. The summed E-state index contributed by atoms with van der Waals surface area (Å²) in [5.41, 5.74) is 5.71. The van der Waals surface area contributed by atoms with Crippen LogP contribution >= 0.6 is 0 Å². The molecule has 0 aliphatic heterocycles. The van der Waals surface area contributed by atoms with Gasteiger partial charge in [-0.1, -0.05) is 161 Å². The zero-order valence-corrected chi connectivity index (χ0v) is 27.1. The highest BCUT2D eigenvalue weighted by Crippen LogP contribution is 2.20. The summed E-state index contributed by atoms with van der Waals surface area (Å²) in [6.45, 7) is 4.53. The summed E-state index contributed by atoms with van der Waals surface area (Å²) >= 11 is 0. The van der Waals surface area contributed by atoms with E-state index in [2.05, 4.69) is 26.0 Å². The van der Waals surface area contributed by atoms with Crippen LogP contribution in [-0.4, -0.2) is 28.3 Å². The van der Waals surface area contributed by atoms with E-state index in [1.165, 1.54) is 128 Å². The Labute approximate surface area is 250 Å². The average Bonchev–Trinajstić information content (AvgIpc) is 2.93. The average molecular weight is 566 g/mol. The predicted octanol–water partition coefficient (Wildman–Crippen LogP) is 10.3. The van der Waals surface area contributed by atoms with Gasteiger partial charge in [-0.05, 0) is 38.5 Å². The molecule has 0 saturated carbocycles. The minimum atomic E-state index is -1.27. The zero-order valence-electron chi connectivity index (χ0n) is 27.1. The molecule has 0 bridgehead atoms. The molecule has 0 heterocycles. The van der Waals surface area contributed by atoms with Crippen LogP contribution in [0.4, 0.5) is 0 Å². The number of aliphatic hydroxyl groups is 2. The highest BCUT2D eigenvalue weighted by atomic mass is 16.3. The molecular weight excluding hydrogens is 494 g/mol. The Kier molecular flexibility index (Phi) is 30.7. The van der Waals surface area contributed by atoms with Crippen LogP contribution in [0.3, 0.4) is 0 Å². The first-order valence-corrected chi connectivity index (χ1v) is 17.8. The molecule has 0 amide bonds. The molecule has 0 fully saturated rings. The van der Waals surface area contributed by atoms with Gasteiger partial charge in [0.1, 0.15) is 12.0 Å². The van der Waals surface area contributed by atoms with Crippen LogP contribution in [-0.2, 0) is 4.79 Å². The van der Waals surface area contributed by atoms with Crippen molar-refractivity contribution < 1.29 is 15.0 Å². The number of unbranched alkanes of at least 4 members (excludes halogenated alkanes) is 23. The first kappa shape index (κ1) is 39.3. The lowest BCUT2D eigenvalue weighted by Crippen LogP contribution is -2.43. The molecule has 238 valence electrons. The third-order valence-electron chi connectivity index (χ3n) is 8.44. The summed E-state index contributed by atoms with van der Waals surface area (Å²) in [5.74, 6) is -0.913. The van der Waals surface area contributed by atoms with Gasteiger partial charge < -0.3 is 15.9 Å². The fraction of sp³-hybridized carbons (Fsp3) is 0.917. The van der Waals surface area contributed by atoms with Crippen LogP contribution < -0.4 is 5.73 Å². The highest BCUT2D eigenvalue weighted by Gasteiger charge is 2.30. The lowest BCUT2D eigenvalue weighted by atomic mass is 9.89. The van der Waals surface area contributed by atoms with Crippen LogP contribution in [0.2, 0.25) is 0 Å². The Morgan fingerprint density at radius 2 is 0.900 bits per heavy atom. The van der Waals surface area contributed by atoms with Crippen LogP contribution in [0.25, 0.3) is 0 Å². The lowest BCUT2D eigenvalue weighted by molar-refractivity contribution is -0.132. The second-order valence-electron chi connectivity index (χ2n) is 12.4. The van der Waals surface area contributed by atoms with E-state index in [0.717, 1.165) is 38.5 Å². The van der Waals surface area contributed by atoms with E-state index in [1.807, 2.05) is 0 Å². The summed E-state index contributed by atoms with van der Waals surface area (Å²) in [5, 5.41) is 20.6. The molecule has 4 N–H and O–H groups in total. The number of rotatable bonds is 32. The molecule has 4 nitrogen and oxygen atoms in total. The lowest BCUT2D eigenvalue weighted by Gasteiger charge is -2.24. The number of hydrogen-bond donors (Lipinski definition) is 3. The molecule has 0 radical (unpaired) electrons. The Hall–Kier alpha value is -0.710. The van der Waals surface area contributed by atoms with Gasteiger partial charge in [0.05, 0.1) is 12.0 Å². The van der Waals surface area contributed by atoms with Gasteiger partial charge in [0, 0.05) is 6.42 Å². The third kappa shape index (κ3) is 26.2. The Morgan fingerprint density at radius 3 is 1.30 bits per heavy atom. The zero-order chi connectivity index (χ0) is 29.5. The van der Waals surface area contributed by atoms with Gasteiger partial charge in [0.25, 0.3) is 0 Å². The smallest absolute Gasteiger partial charge is 0.142 e. The largest absolute Gasteiger partial charge is 0.392 e. The van der Waals surface area contributed by atoms with E-state index in [9.17, 15) is 15.0 Å². The van der Waals surface area contributed by atoms with Crippen LogP contribution in [0, 0.1) is 5.92 Å². The normalized spacial score (nSPS) is 14.1. The van der Waals surface area contributed by atoms with Gasteiger partial charge >= 0.3 is 0 Å². The van der Waals surface area contributed by atoms with Gasteiger partial charge in [-0.25, -0.2) is 0 Å². The number of Topliss-reactive ketones (excluding diaryl/α,β-unsaturated/α-hetero) is 1. The summed E-state index contributed by atoms with van der Waals surface area (Å²) in [4.78, 5) is 12.7. The predicted molar refractivity (Wildman–Crippen MR) is 174 cm³/mol. The van der Waals surface area contributed by atoms with Gasteiger partial charge in [0.15, 0.2) is 0 Å². The monoisotopic (exact) mass is 566 g/mol. The fourth-order valence-corrected chi connectivity index (χ4v) is 5.72. The molecule has 4 heteroatoms. The van der Waals surface area contributed by atoms with Crippen molar-refractivity contribution in [2.75, 3.05) is 0 Å². The van der Waals surface area contributed by atoms with Crippen LogP contribution in [0.15, 0.2) is 12.2 Å². The molecule has 40 heavy (non-hydrogen) atoms. The standard InChI is InChI=1S/C36H71NO3/c1-3-5-7-9-11-13-15-17-18-20-22-24-26-28-30-32-34(39)35(36(37)40)33(38)31-29-27-25-23-21-19-16-14-12-10-8-6-4-2/h17-18,33,35-36,38,40H,3-16,19-32,37H2,1-2H3. The topological polar surface area (TPSA) is 83.6 Å². The summed E-state index contributed by atoms with van der Waals surface area (Å²) in [7, 11) is 0. The van der Waals surface area contributed by atoms with Crippen LogP contribution in [0.1, 0.15) is 194 Å². The minimum absolute atomic E-state index is 0.0742. The van der Waals surface area contributed by atoms with Crippen LogP contribution in [0.5, 0.6) is 0 Å². The quantitative estimate of drug-likeness (QED) is 0.0430. The number of ketones is 1. The van der Waals surface area contributed by atoms with Crippen molar-refractivity contribution in [1.82, 2.24) is 0 Å². The van der Waals surface area contributed by atoms with E-state index in [-0.39, 0.29) is 5.78 Å². The van der Waals surface area contributed by atoms with Crippen molar-refractivity contribution >= 4 is 5.78 Å². The van der Waals surface area contributed by atoms with Crippen molar-refractivity contribution in [3.63, 3.8) is 0 Å². The molecule has 0 rings (SSSR count). The second-order valence-corrected chi connectivity index (χ2v) is 12.4. The maximum Gasteiger partial charge on any atom is 0.142 e. The van der Waals surface area contributed by atoms with Crippen molar-refractivity contribution in [1.29, 1.82) is 0 Å². The third-order valence-corrected chi connectivity index (χ3v) is 8.44. The van der Waals surface area contributed by atoms with E-state index < -0.39 is 18.2 Å². The highest BCUT2D eigenvalue weighted by molar-refractivity contribution is 5.82. The molecule has 3 unspecified atom stereocenters. The van der Waals surface area contributed by atoms with Crippen molar-refractivity contribution in [2.24, 2.45) is 11.7 Å². The molecular formula is C36H71NO3. The number of aliphatic hydroxyl groups excluding tert-OH is 2. The van der Waals surface area contributed by atoms with Gasteiger partial charge in [-0.2, -0.15) is 0 Å². The first-order chi connectivity index (χ1) is 19.5. The fourth-order valence-electron chi connectivity index (χ4n) is 5.72. The Balaban J connectivity index is 3.72. The first-order valence-electron chi connectivity index (χ1n) is 17.8. The number of carbonyl (C=O) groups is 1. The number of allylic oxidation sites excluding steroid dienone is 2. The van der Waals surface area contributed by atoms with E-state index in [1.54, 1.807) is 0 Å². The number of nitrogens with two attached hydrogens (primary N) is 1. The molecule has 0 aliphatic carbocycles. The van der Waals surface area contributed by atoms with Crippen molar-refractivity contribution in [3.8, 4) is 0 Å². The summed E-state index contributed by atoms with van der Waals surface area (Å²) in [6.07, 6.45) is 36.1. The Bertz CT molecular complexity index is 548. The summed E-state index contributed by atoms with van der Waals surface area (Å²) in [6, 6.07) is 0. The molecule has 3 atom stereocenters. The second kappa shape index (κ2) is 31.2. The maximum atomic E-state index is 12.7. The van der Waals surface area contributed by atoms with Crippen molar-refractivity contribution in [2.45, 2.75) is 206 Å². The van der Waals surface area contributed by atoms with Gasteiger partial charge in [-0.3, -0.25) is 4.79 Å². The molecule has 0 saturated heterocycles. The summed E-state index contributed by atoms with van der Waals surface area (Å²) < 4.78 is 0. The SMILES string of the molecule is CCCCCCCCC=CCCCCCCCC(=O)C(C(N)O)C(O)CCCCCCCCCCCCCCC. The van der Waals surface area contributed by atoms with E-state index in [4.69, 9.17) is 5.73 Å². The van der Waals surface area contributed by atoms with Crippen molar-refractivity contribution in [3.05, 3.63) is 12.2 Å². The van der Waals surface area contributed by atoms with E-state index in [0.29, 0.717) is 12.8 Å². The maximum absolute atomic E-state index is 12.7. The number of carbonyl (C=O) groups excluding carboxylic acids is 1. The van der Waals surface area contributed by atoms with E-state index >= 15 is 0 Å². The van der Waals surface area contributed by atoms with Gasteiger partial charge in [-0.15, -0.1) is 0 Å². The Morgan fingerprint density at radius 1 is 0.550 bits per heavy atom. The molecule has 0 aromatic heterocycles. The minimum Gasteiger partial charge on any atom is -0.392 e. The number of hydrogen-bond acceptors (Lipinski definition) is 4. The molecule has 0 aliphatic rings.